The van der Waals surface area contributed by atoms with Gasteiger partial charge in [-0.25, -0.2) is 0 Å². The minimum atomic E-state index is -0.474. The Bertz CT molecular complexity index is 1150. The van der Waals surface area contributed by atoms with Crippen LogP contribution in [0.1, 0.15) is 16.1 Å². The van der Waals surface area contributed by atoms with Gasteiger partial charge in [0.15, 0.2) is 12.4 Å². The summed E-state index contributed by atoms with van der Waals surface area (Å²) in [5.41, 5.74) is 0.681. The van der Waals surface area contributed by atoms with Crippen LogP contribution in [-0.4, -0.2) is 42.2 Å². The Balaban J connectivity index is 1.71. The standard InChI is InChI=1S/C23H20N2O6/c1-24(2)23(27)15-30-18-7-5-6-16(14-18)21(26)12-10-17-11-13-22(31-17)19-8-3-4-9-20(19)25(28)29/h3-14H,15H2,1-2H3/b12-10+. The third-order valence-electron chi connectivity index (χ3n) is 4.37. The Kier molecular flexibility index (Phi) is 6.61. The predicted octanol–water partition coefficient (Wildman–Crippen LogP) is 4.22. The lowest BCUT2D eigenvalue weighted by molar-refractivity contribution is -0.384. The lowest BCUT2D eigenvalue weighted by Gasteiger charge is -2.11. The van der Waals surface area contributed by atoms with Crippen molar-refractivity contribution < 1.29 is 23.7 Å². The molecule has 3 rings (SSSR count). The fraction of sp³-hybridized carbons (Fsp3) is 0.130. The highest BCUT2D eigenvalue weighted by Gasteiger charge is 2.16. The van der Waals surface area contributed by atoms with E-state index >= 15 is 0 Å². The minimum Gasteiger partial charge on any atom is -0.484 e. The van der Waals surface area contributed by atoms with E-state index in [1.807, 2.05) is 0 Å². The number of likely N-dealkylation sites (N-methyl/N-ethyl adjacent to an activating group) is 1. The van der Waals surface area contributed by atoms with Gasteiger partial charge >= 0.3 is 0 Å². The molecule has 0 saturated heterocycles. The summed E-state index contributed by atoms with van der Waals surface area (Å²) in [4.78, 5) is 36.3. The number of rotatable bonds is 8. The van der Waals surface area contributed by atoms with Crippen molar-refractivity contribution in [1.82, 2.24) is 4.90 Å². The third kappa shape index (κ3) is 5.45. The van der Waals surface area contributed by atoms with Crippen LogP contribution in [0.3, 0.4) is 0 Å². The molecular formula is C23H20N2O6. The number of nitro groups is 1. The monoisotopic (exact) mass is 420 g/mol. The second kappa shape index (κ2) is 9.53. The molecule has 1 amide bonds. The smallest absolute Gasteiger partial charge is 0.280 e. The number of ketones is 1. The van der Waals surface area contributed by atoms with Crippen molar-refractivity contribution in [2.24, 2.45) is 0 Å². The normalized spacial score (nSPS) is 10.8. The van der Waals surface area contributed by atoms with E-state index in [0.717, 1.165) is 0 Å². The fourth-order valence-electron chi connectivity index (χ4n) is 2.70. The van der Waals surface area contributed by atoms with Gasteiger partial charge in [-0.05, 0) is 42.5 Å². The van der Waals surface area contributed by atoms with E-state index < -0.39 is 4.92 Å². The van der Waals surface area contributed by atoms with Crippen LogP contribution >= 0.6 is 0 Å². The van der Waals surface area contributed by atoms with Gasteiger partial charge in [-0.1, -0.05) is 24.3 Å². The van der Waals surface area contributed by atoms with E-state index in [9.17, 15) is 19.7 Å². The lowest BCUT2D eigenvalue weighted by Crippen LogP contribution is -2.27. The van der Waals surface area contributed by atoms with Crippen LogP contribution in [0.2, 0.25) is 0 Å². The van der Waals surface area contributed by atoms with Crippen LogP contribution in [0.4, 0.5) is 5.69 Å². The number of hydrogen-bond donors (Lipinski definition) is 0. The summed E-state index contributed by atoms with van der Waals surface area (Å²) in [6.07, 6.45) is 2.83. The van der Waals surface area contributed by atoms with Crippen LogP contribution in [0.15, 0.2) is 71.2 Å². The fourth-order valence-corrected chi connectivity index (χ4v) is 2.70. The summed E-state index contributed by atoms with van der Waals surface area (Å²) in [6, 6.07) is 16.0. The molecule has 0 aliphatic rings. The molecule has 0 N–H and O–H groups in total. The number of para-hydroxylation sites is 1. The van der Waals surface area contributed by atoms with Gasteiger partial charge < -0.3 is 14.1 Å². The summed E-state index contributed by atoms with van der Waals surface area (Å²) < 4.78 is 11.1. The van der Waals surface area contributed by atoms with Crippen molar-refractivity contribution in [2.75, 3.05) is 20.7 Å². The maximum atomic E-state index is 12.5. The summed E-state index contributed by atoms with van der Waals surface area (Å²) in [6.45, 7) is -0.124. The van der Waals surface area contributed by atoms with Gasteiger partial charge in [0.25, 0.3) is 11.6 Å². The maximum Gasteiger partial charge on any atom is 0.280 e. The van der Waals surface area contributed by atoms with Crippen molar-refractivity contribution in [3.8, 4) is 17.1 Å². The predicted molar refractivity (Wildman–Crippen MR) is 115 cm³/mol. The van der Waals surface area contributed by atoms with E-state index in [1.54, 1.807) is 68.7 Å². The van der Waals surface area contributed by atoms with Crippen LogP contribution in [0.25, 0.3) is 17.4 Å². The average molecular weight is 420 g/mol. The van der Waals surface area contributed by atoms with Crippen molar-refractivity contribution in [2.45, 2.75) is 0 Å². The first-order valence-corrected chi connectivity index (χ1v) is 9.34. The number of ether oxygens (including phenoxy) is 1. The Morgan fingerprint density at radius 1 is 1.10 bits per heavy atom. The zero-order valence-corrected chi connectivity index (χ0v) is 17.0. The van der Waals surface area contributed by atoms with E-state index in [0.29, 0.717) is 28.4 Å². The molecule has 2 aromatic carbocycles. The zero-order valence-electron chi connectivity index (χ0n) is 17.0. The largest absolute Gasteiger partial charge is 0.484 e. The minimum absolute atomic E-state index is 0.0620. The molecule has 0 spiro atoms. The van der Waals surface area contributed by atoms with E-state index in [-0.39, 0.29) is 24.0 Å². The van der Waals surface area contributed by atoms with Crippen LogP contribution < -0.4 is 4.74 Å². The van der Waals surface area contributed by atoms with Gasteiger partial charge in [0, 0.05) is 25.7 Å². The first-order chi connectivity index (χ1) is 14.8. The Labute approximate surface area is 178 Å². The highest BCUT2D eigenvalue weighted by Crippen LogP contribution is 2.31. The van der Waals surface area contributed by atoms with Gasteiger partial charge in [0.1, 0.15) is 17.3 Å². The van der Waals surface area contributed by atoms with Crippen molar-refractivity contribution in [3.63, 3.8) is 0 Å². The van der Waals surface area contributed by atoms with Gasteiger partial charge in [-0.2, -0.15) is 0 Å². The number of nitrogens with zero attached hydrogens (tertiary/aromatic N) is 2. The molecule has 0 aliphatic carbocycles. The number of allylic oxidation sites excluding steroid dienone is 1. The molecule has 0 saturated carbocycles. The van der Waals surface area contributed by atoms with E-state index in [2.05, 4.69) is 0 Å². The number of benzene rings is 2. The second-order valence-electron chi connectivity index (χ2n) is 6.78. The Morgan fingerprint density at radius 3 is 2.61 bits per heavy atom. The first-order valence-electron chi connectivity index (χ1n) is 9.34. The molecule has 0 bridgehead atoms. The molecule has 0 radical (unpaired) electrons. The quantitative estimate of drug-likeness (QED) is 0.234. The summed E-state index contributed by atoms with van der Waals surface area (Å²) in [7, 11) is 3.26. The third-order valence-corrected chi connectivity index (χ3v) is 4.37. The van der Waals surface area contributed by atoms with Crippen molar-refractivity contribution >= 4 is 23.5 Å². The summed E-state index contributed by atoms with van der Waals surface area (Å²) >= 11 is 0. The molecule has 8 heteroatoms. The highest BCUT2D eigenvalue weighted by molar-refractivity contribution is 6.06. The van der Waals surface area contributed by atoms with E-state index in [4.69, 9.17) is 9.15 Å². The van der Waals surface area contributed by atoms with Crippen LogP contribution in [-0.2, 0) is 4.79 Å². The lowest BCUT2D eigenvalue weighted by atomic mass is 10.1. The molecule has 0 fully saturated rings. The molecule has 1 aromatic heterocycles. The number of hydrogen-bond acceptors (Lipinski definition) is 6. The second-order valence-corrected chi connectivity index (χ2v) is 6.78. The number of carbonyl (C=O) groups is 2. The molecular weight excluding hydrogens is 400 g/mol. The Hall–Kier alpha value is -4.20. The van der Waals surface area contributed by atoms with Crippen molar-refractivity contribution in [1.29, 1.82) is 0 Å². The molecule has 8 nitrogen and oxygen atoms in total. The molecule has 0 aliphatic heterocycles. The molecule has 3 aromatic rings. The first kappa shape index (κ1) is 21.5. The van der Waals surface area contributed by atoms with Crippen LogP contribution in [0, 0.1) is 10.1 Å². The SMILES string of the molecule is CN(C)C(=O)COc1cccc(C(=O)/C=C/c2ccc(-c3ccccc3[N+](=O)[O-])o2)c1. The summed E-state index contributed by atoms with van der Waals surface area (Å²) in [5.74, 6) is 0.647. The molecule has 158 valence electrons. The van der Waals surface area contributed by atoms with Crippen LogP contribution in [0.5, 0.6) is 5.75 Å². The van der Waals surface area contributed by atoms with Crippen molar-refractivity contribution in [3.05, 3.63) is 88.2 Å². The van der Waals surface area contributed by atoms with Gasteiger partial charge in [-0.3, -0.25) is 19.7 Å². The average Bonchev–Trinajstić information content (AvgIpc) is 3.24. The number of amides is 1. The maximum absolute atomic E-state index is 12.5. The number of nitro benzene ring substituents is 1. The van der Waals surface area contributed by atoms with Gasteiger partial charge in [0.05, 0.1) is 10.5 Å². The summed E-state index contributed by atoms with van der Waals surface area (Å²) in [5, 5.41) is 11.2. The van der Waals surface area contributed by atoms with Gasteiger partial charge in [-0.15, -0.1) is 0 Å². The van der Waals surface area contributed by atoms with E-state index in [1.165, 1.54) is 23.1 Å². The molecule has 31 heavy (non-hydrogen) atoms. The zero-order chi connectivity index (χ0) is 22.4. The number of carbonyl (C=O) groups excluding carboxylic acids is 2. The topological polar surface area (TPSA) is 103 Å². The number of furan rings is 1. The molecule has 0 atom stereocenters. The van der Waals surface area contributed by atoms with Gasteiger partial charge in [0.2, 0.25) is 0 Å². The molecule has 0 unspecified atom stereocenters. The Morgan fingerprint density at radius 2 is 1.87 bits per heavy atom. The molecule has 1 heterocycles. The highest BCUT2D eigenvalue weighted by atomic mass is 16.6.